The standard InChI is InChI=1S/C22H22O2/c1-14-9-15(2)22(16(3)10-14)18-11-17(12-19(23)13-18)20-7-5-6-8-21(20)24-4/h5-13,23H,1-4H3. The number of phenolic OH excluding ortho intramolecular Hbond substituents is 1. The average Bonchev–Trinajstić information content (AvgIpc) is 2.53. The Hall–Kier alpha value is -2.74. The predicted molar refractivity (Wildman–Crippen MR) is 99.7 cm³/mol. The maximum absolute atomic E-state index is 10.3. The van der Waals surface area contributed by atoms with E-state index in [9.17, 15) is 5.11 Å². The van der Waals surface area contributed by atoms with Crippen molar-refractivity contribution in [3.8, 4) is 33.8 Å². The third-order valence-corrected chi connectivity index (χ3v) is 4.30. The fraction of sp³-hybridized carbons (Fsp3) is 0.182. The molecular weight excluding hydrogens is 296 g/mol. The summed E-state index contributed by atoms with van der Waals surface area (Å²) in [6, 6.07) is 17.9. The van der Waals surface area contributed by atoms with Crippen LogP contribution in [0.3, 0.4) is 0 Å². The summed E-state index contributed by atoms with van der Waals surface area (Å²) in [6.45, 7) is 6.33. The Kier molecular flexibility index (Phi) is 4.30. The maximum atomic E-state index is 10.3. The molecule has 3 aromatic carbocycles. The molecule has 2 heteroatoms. The molecule has 0 unspecified atom stereocenters. The fourth-order valence-corrected chi connectivity index (χ4v) is 3.43. The minimum Gasteiger partial charge on any atom is -0.508 e. The SMILES string of the molecule is COc1ccccc1-c1cc(O)cc(-c2c(C)cc(C)cc2C)c1. The lowest BCUT2D eigenvalue weighted by Gasteiger charge is -2.15. The Morgan fingerprint density at radius 3 is 2.08 bits per heavy atom. The van der Waals surface area contributed by atoms with Crippen molar-refractivity contribution in [2.75, 3.05) is 7.11 Å². The number of hydrogen-bond donors (Lipinski definition) is 1. The highest BCUT2D eigenvalue weighted by Gasteiger charge is 2.12. The summed E-state index contributed by atoms with van der Waals surface area (Å²) in [6.07, 6.45) is 0. The van der Waals surface area contributed by atoms with Gasteiger partial charge in [-0.25, -0.2) is 0 Å². The first-order valence-corrected chi connectivity index (χ1v) is 8.05. The Morgan fingerprint density at radius 2 is 1.42 bits per heavy atom. The number of benzene rings is 3. The van der Waals surface area contributed by atoms with Crippen molar-refractivity contribution in [1.82, 2.24) is 0 Å². The van der Waals surface area contributed by atoms with Gasteiger partial charge in [0, 0.05) is 5.56 Å². The van der Waals surface area contributed by atoms with Crippen LogP contribution in [-0.2, 0) is 0 Å². The molecule has 0 aliphatic heterocycles. The van der Waals surface area contributed by atoms with Gasteiger partial charge in [-0.05, 0) is 72.9 Å². The summed E-state index contributed by atoms with van der Waals surface area (Å²) in [4.78, 5) is 0. The third-order valence-electron chi connectivity index (χ3n) is 4.30. The fourth-order valence-electron chi connectivity index (χ4n) is 3.43. The molecular formula is C22H22O2. The molecule has 3 aromatic rings. The van der Waals surface area contributed by atoms with Gasteiger partial charge in [0.05, 0.1) is 7.11 Å². The topological polar surface area (TPSA) is 29.5 Å². The van der Waals surface area contributed by atoms with E-state index in [0.29, 0.717) is 0 Å². The zero-order chi connectivity index (χ0) is 17.3. The van der Waals surface area contributed by atoms with Gasteiger partial charge in [0.2, 0.25) is 0 Å². The van der Waals surface area contributed by atoms with Crippen molar-refractivity contribution < 1.29 is 9.84 Å². The van der Waals surface area contributed by atoms with E-state index in [2.05, 4.69) is 39.0 Å². The van der Waals surface area contributed by atoms with Crippen LogP contribution in [0.2, 0.25) is 0 Å². The number of rotatable bonds is 3. The highest BCUT2D eigenvalue weighted by molar-refractivity contribution is 5.80. The first kappa shape index (κ1) is 16.1. The smallest absolute Gasteiger partial charge is 0.126 e. The van der Waals surface area contributed by atoms with Crippen LogP contribution >= 0.6 is 0 Å². The Labute approximate surface area is 143 Å². The van der Waals surface area contributed by atoms with Crippen molar-refractivity contribution in [2.24, 2.45) is 0 Å². The second-order valence-corrected chi connectivity index (χ2v) is 6.24. The highest BCUT2D eigenvalue weighted by Crippen LogP contribution is 2.37. The van der Waals surface area contributed by atoms with Gasteiger partial charge in [0.1, 0.15) is 11.5 Å². The van der Waals surface area contributed by atoms with E-state index in [-0.39, 0.29) is 5.75 Å². The quantitative estimate of drug-likeness (QED) is 0.675. The van der Waals surface area contributed by atoms with Crippen LogP contribution in [0.15, 0.2) is 54.6 Å². The van der Waals surface area contributed by atoms with E-state index in [1.54, 1.807) is 13.2 Å². The van der Waals surface area contributed by atoms with E-state index in [1.807, 2.05) is 30.3 Å². The summed E-state index contributed by atoms with van der Waals surface area (Å²) < 4.78 is 5.47. The van der Waals surface area contributed by atoms with Crippen LogP contribution in [0.5, 0.6) is 11.5 Å². The molecule has 0 amide bonds. The van der Waals surface area contributed by atoms with Crippen molar-refractivity contribution in [3.63, 3.8) is 0 Å². The van der Waals surface area contributed by atoms with E-state index in [0.717, 1.165) is 22.4 Å². The van der Waals surface area contributed by atoms with Gasteiger partial charge in [-0.3, -0.25) is 0 Å². The normalized spacial score (nSPS) is 10.7. The molecule has 122 valence electrons. The van der Waals surface area contributed by atoms with Gasteiger partial charge < -0.3 is 9.84 Å². The Bertz CT molecular complexity index is 871. The zero-order valence-corrected chi connectivity index (χ0v) is 14.6. The molecule has 2 nitrogen and oxygen atoms in total. The zero-order valence-electron chi connectivity index (χ0n) is 14.6. The molecule has 0 aliphatic rings. The van der Waals surface area contributed by atoms with Crippen LogP contribution in [0, 0.1) is 20.8 Å². The number of hydrogen-bond acceptors (Lipinski definition) is 2. The number of para-hydroxylation sites is 1. The van der Waals surface area contributed by atoms with Gasteiger partial charge in [-0.15, -0.1) is 0 Å². The summed E-state index contributed by atoms with van der Waals surface area (Å²) in [5.74, 6) is 1.05. The maximum Gasteiger partial charge on any atom is 0.126 e. The lowest BCUT2D eigenvalue weighted by Crippen LogP contribution is -1.92. The summed E-state index contributed by atoms with van der Waals surface area (Å²) in [7, 11) is 1.66. The molecule has 0 radical (unpaired) electrons. The van der Waals surface area contributed by atoms with Gasteiger partial charge in [0.25, 0.3) is 0 Å². The first-order chi connectivity index (χ1) is 11.5. The second-order valence-electron chi connectivity index (χ2n) is 6.24. The molecule has 0 aliphatic carbocycles. The minimum atomic E-state index is 0.257. The van der Waals surface area contributed by atoms with Crippen LogP contribution in [0.4, 0.5) is 0 Å². The van der Waals surface area contributed by atoms with E-state index in [1.165, 1.54) is 22.3 Å². The molecule has 3 rings (SSSR count). The first-order valence-electron chi connectivity index (χ1n) is 8.05. The molecule has 0 saturated carbocycles. The summed E-state index contributed by atoms with van der Waals surface area (Å²) >= 11 is 0. The Morgan fingerprint density at radius 1 is 0.792 bits per heavy atom. The molecule has 0 saturated heterocycles. The highest BCUT2D eigenvalue weighted by atomic mass is 16.5. The van der Waals surface area contributed by atoms with Gasteiger partial charge in [0.15, 0.2) is 0 Å². The van der Waals surface area contributed by atoms with Gasteiger partial charge >= 0.3 is 0 Å². The largest absolute Gasteiger partial charge is 0.508 e. The van der Waals surface area contributed by atoms with Crippen molar-refractivity contribution in [1.29, 1.82) is 0 Å². The van der Waals surface area contributed by atoms with Crippen LogP contribution in [0.25, 0.3) is 22.3 Å². The molecule has 24 heavy (non-hydrogen) atoms. The molecule has 0 spiro atoms. The van der Waals surface area contributed by atoms with E-state index >= 15 is 0 Å². The van der Waals surface area contributed by atoms with Crippen molar-refractivity contribution in [3.05, 3.63) is 71.3 Å². The molecule has 0 aromatic heterocycles. The van der Waals surface area contributed by atoms with Gasteiger partial charge in [-0.1, -0.05) is 35.9 Å². The van der Waals surface area contributed by atoms with Crippen LogP contribution in [0.1, 0.15) is 16.7 Å². The predicted octanol–water partition coefficient (Wildman–Crippen LogP) is 5.66. The van der Waals surface area contributed by atoms with Gasteiger partial charge in [-0.2, -0.15) is 0 Å². The number of methoxy groups -OCH3 is 1. The minimum absolute atomic E-state index is 0.257. The van der Waals surface area contributed by atoms with E-state index < -0.39 is 0 Å². The lowest BCUT2D eigenvalue weighted by atomic mass is 9.91. The number of ether oxygens (including phenoxy) is 1. The molecule has 1 N–H and O–H groups in total. The number of aryl methyl sites for hydroxylation is 3. The number of aromatic hydroxyl groups is 1. The Balaban J connectivity index is 2.21. The summed E-state index contributed by atoms with van der Waals surface area (Å²) in [5.41, 5.74) is 7.78. The van der Waals surface area contributed by atoms with Crippen molar-refractivity contribution in [2.45, 2.75) is 20.8 Å². The summed E-state index contributed by atoms with van der Waals surface area (Å²) in [5, 5.41) is 10.3. The lowest BCUT2D eigenvalue weighted by molar-refractivity contribution is 0.416. The molecule has 0 heterocycles. The van der Waals surface area contributed by atoms with E-state index in [4.69, 9.17) is 4.74 Å². The van der Waals surface area contributed by atoms with Crippen molar-refractivity contribution >= 4 is 0 Å². The van der Waals surface area contributed by atoms with Crippen LogP contribution < -0.4 is 4.74 Å². The second kappa shape index (κ2) is 6.40. The molecule has 0 fully saturated rings. The third kappa shape index (κ3) is 3.00. The average molecular weight is 318 g/mol. The van der Waals surface area contributed by atoms with Crippen LogP contribution in [-0.4, -0.2) is 12.2 Å². The monoisotopic (exact) mass is 318 g/mol. The number of phenols is 1. The molecule has 0 atom stereocenters. The molecule has 0 bridgehead atoms.